The molecule has 2 aliphatic carbocycles. The van der Waals surface area contributed by atoms with E-state index in [2.05, 4.69) is 44.8 Å². The van der Waals surface area contributed by atoms with Crippen molar-refractivity contribution in [3.8, 4) is 0 Å². The molecule has 2 aliphatic heterocycles. The quantitative estimate of drug-likeness (QED) is 0.0940. The van der Waals surface area contributed by atoms with Crippen LogP contribution in [0.25, 0.3) is 11.3 Å². The van der Waals surface area contributed by atoms with E-state index in [1.54, 1.807) is 36.7 Å². The first-order valence-corrected chi connectivity index (χ1v) is 27.7. The number of nitrogens with zero attached hydrogens (tertiary/aromatic N) is 8. The fraction of sp³-hybridized carbons (Fsp3) is 0.510. The fourth-order valence-electron chi connectivity index (χ4n) is 10.2. The van der Waals surface area contributed by atoms with Crippen molar-refractivity contribution in [2.75, 3.05) is 36.0 Å². The summed E-state index contributed by atoms with van der Waals surface area (Å²) >= 11 is 33.8. The number of nitrogens with one attached hydrogen (secondary N) is 1. The van der Waals surface area contributed by atoms with Crippen molar-refractivity contribution in [2.24, 2.45) is 16.6 Å². The van der Waals surface area contributed by atoms with Crippen LogP contribution >= 0.6 is 74.1 Å². The maximum absolute atomic E-state index is 12.7. The number of piperidine rings is 2. The number of hydrogen-bond acceptors (Lipinski definition) is 12. The number of nitrogens with two attached hydrogens (primary N) is 1. The zero-order valence-corrected chi connectivity index (χ0v) is 49.2. The number of fused-ring (bicyclic) bond motifs is 2. The molecule has 0 unspecified atom stereocenters. The van der Waals surface area contributed by atoms with Gasteiger partial charge < -0.3 is 38.4 Å². The van der Waals surface area contributed by atoms with Gasteiger partial charge in [0.25, 0.3) is 0 Å². The third kappa shape index (κ3) is 12.7. The van der Waals surface area contributed by atoms with Crippen LogP contribution in [-0.4, -0.2) is 98.4 Å². The Morgan fingerprint density at radius 2 is 1.31 bits per heavy atom. The molecule has 2 saturated carbocycles. The molecule has 2 saturated heterocycles. The maximum Gasteiger partial charge on any atom is 1.00 e. The van der Waals surface area contributed by atoms with Crippen LogP contribution < -0.4 is 49.8 Å². The minimum Gasteiger partial charge on any atom is -0.778 e. The summed E-state index contributed by atoms with van der Waals surface area (Å²) in [6.07, 6.45) is 13.7. The molecule has 71 heavy (non-hydrogen) atoms. The molecule has 5 N–H and O–H groups in total. The first-order chi connectivity index (χ1) is 32.7. The molecule has 380 valence electrons. The van der Waals surface area contributed by atoms with Crippen LogP contribution in [0.5, 0.6) is 0 Å². The summed E-state index contributed by atoms with van der Waals surface area (Å²) in [5, 5.41) is 22.6. The van der Waals surface area contributed by atoms with Gasteiger partial charge in [-0.3, -0.25) is 8.80 Å². The minimum atomic E-state index is -1.14. The van der Waals surface area contributed by atoms with Gasteiger partial charge in [-0.05, 0) is 131 Å². The van der Waals surface area contributed by atoms with E-state index >= 15 is 0 Å². The van der Waals surface area contributed by atoms with Crippen LogP contribution in [0.4, 0.5) is 11.9 Å². The van der Waals surface area contributed by atoms with Gasteiger partial charge in [0.2, 0.25) is 11.9 Å². The fourth-order valence-corrected chi connectivity index (χ4v) is 13.5. The zero-order chi connectivity index (χ0) is 49.6. The Balaban J connectivity index is 0.000000193. The monoisotopic (exact) mass is 1180 g/mol. The average molecular weight is 1180 g/mol. The number of imidazole rings is 2. The summed E-state index contributed by atoms with van der Waals surface area (Å²) in [4.78, 5) is 25.9. The molecule has 4 aromatic heterocycles. The summed E-state index contributed by atoms with van der Waals surface area (Å²) in [5.41, 5.74) is 10.0. The van der Waals surface area contributed by atoms with Gasteiger partial charge >= 0.3 is 29.6 Å². The molecule has 6 aromatic rings. The molecule has 5 atom stereocenters. The van der Waals surface area contributed by atoms with Gasteiger partial charge in [0.05, 0.1) is 63.8 Å². The van der Waals surface area contributed by atoms with Crippen LogP contribution in [-0.2, 0) is 23.6 Å². The van der Waals surface area contributed by atoms with E-state index in [4.69, 9.17) is 74.7 Å². The van der Waals surface area contributed by atoms with Crippen LogP contribution in [0.3, 0.4) is 0 Å². The number of aryl methyl sites for hydroxylation is 2. The van der Waals surface area contributed by atoms with E-state index in [0.717, 1.165) is 114 Å². The van der Waals surface area contributed by atoms with Crippen molar-refractivity contribution >= 4 is 121 Å². The molecule has 0 bridgehead atoms. The van der Waals surface area contributed by atoms with Gasteiger partial charge in [-0.25, -0.2) is 28.9 Å². The van der Waals surface area contributed by atoms with Crippen molar-refractivity contribution in [1.29, 1.82) is 0 Å². The molecule has 6 heterocycles. The van der Waals surface area contributed by atoms with Crippen molar-refractivity contribution in [3.05, 3.63) is 97.1 Å². The Kier molecular flexibility index (Phi) is 20.0. The predicted molar refractivity (Wildman–Crippen MR) is 294 cm³/mol. The molecule has 0 radical (unpaired) electrons. The van der Waals surface area contributed by atoms with Crippen molar-refractivity contribution < 1.29 is 44.0 Å². The van der Waals surface area contributed by atoms with E-state index in [1.165, 1.54) is 11.8 Å². The second-order valence-corrected chi connectivity index (χ2v) is 25.5. The van der Waals surface area contributed by atoms with E-state index in [0.29, 0.717) is 37.8 Å². The minimum absolute atomic E-state index is 0. The van der Waals surface area contributed by atoms with Gasteiger partial charge in [-0.2, -0.15) is 4.90 Å². The normalized spacial score (nSPS) is 21.9. The molecule has 4 aliphatic rings. The number of halogens is 5. The van der Waals surface area contributed by atoms with Gasteiger partial charge in [0.15, 0.2) is 11.3 Å². The molecular weight excluding hydrogens is 1120 g/mol. The molecule has 2 spiro atoms. The van der Waals surface area contributed by atoms with Crippen LogP contribution in [0.1, 0.15) is 91.0 Å². The van der Waals surface area contributed by atoms with E-state index in [1.807, 2.05) is 63.5 Å². The molecule has 13 nitrogen and oxygen atoms in total. The molecule has 2 aromatic carbocycles. The summed E-state index contributed by atoms with van der Waals surface area (Å²) in [7, 11) is -1.14. The molecule has 4 fully saturated rings. The predicted octanol–water partition coefficient (Wildman–Crippen LogP) is 8.07. The number of anilines is 2. The SMILES string of the molecule is C.Cc1nc(N2CCC3(CC2)C[C@@H](O)C[C@H]3N)n2ccnc2c1Sc1cccc(Cl)c1Cl.Cc1nc(N2CCC3(CC2)C[C@@H](O)C[C@H]3N[S@](=O)C(C)(C)C)n2ccnc2c1Br.[Na+].[S-]c1cccc(Cl)c1Cl. The standard InChI is InChI=1S/C22H25Cl2N5OS.C20H30BrN5O2S.C6H4Cl2S.CH4.Na/c1-13-19(31-16-4-2-3-15(23)18(16)24)20-26-7-10-29(20)21(27-13)28-8-5-22(6-9-28)12-14(30)11-17(22)25;1-13-16(21)17-22-7-10-26(17)18(23-13)25-8-5-20(6-9-25)12-14(27)11-15(20)24-29(28)19(2,3)4;7-4-2-1-3-5(9)6(4)8;;/h2-4,7,10,14,17,30H,5-6,8-9,11-12,25H2,1H3;7,10,14-15,24,27H,5-6,8-9,11-12H2,1-4H3;1-3,9H;1H4;/q;;;;+1/p-1/t14-,17+;14-,15+,29+;;;/m00.../s1. The maximum atomic E-state index is 12.7. The Hall–Kier alpha value is -1.52. The van der Waals surface area contributed by atoms with Gasteiger partial charge in [0, 0.05) is 73.0 Å². The molecular formula is C49H62BrCl4N10NaO3S3. The first kappa shape index (κ1) is 58.7. The summed E-state index contributed by atoms with van der Waals surface area (Å²) in [5.74, 6) is 1.81. The number of aliphatic hydroxyl groups is 2. The first-order valence-electron chi connectivity index (χ1n) is 23.1. The van der Waals surface area contributed by atoms with Crippen molar-refractivity contribution in [2.45, 2.75) is 137 Å². The van der Waals surface area contributed by atoms with E-state index < -0.39 is 11.0 Å². The van der Waals surface area contributed by atoms with E-state index in [9.17, 15) is 14.4 Å². The molecule has 10 rings (SSSR count). The second-order valence-electron chi connectivity index (χ2n) is 19.6. The van der Waals surface area contributed by atoms with Crippen molar-refractivity contribution in [3.63, 3.8) is 0 Å². The number of rotatable bonds is 6. The van der Waals surface area contributed by atoms with E-state index in [-0.39, 0.29) is 76.9 Å². The zero-order valence-electron chi connectivity index (χ0n) is 40.1. The smallest absolute Gasteiger partial charge is 0.778 e. The Bertz CT molecular complexity index is 2820. The Morgan fingerprint density at radius 3 is 1.86 bits per heavy atom. The molecule has 22 heteroatoms. The third-order valence-corrected chi connectivity index (χ3v) is 20.1. The summed E-state index contributed by atoms with van der Waals surface area (Å²) in [6, 6.07) is 11.0. The Labute approximate surface area is 480 Å². The average Bonchev–Trinajstić information content (AvgIpc) is 4.11. The van der Waals surface area contributed by atoms with Crippen LogP contribution in [0, 0.1) is 24.7 Å². The number of aliphatic hydroxyl groups excluding tert-OH is 2. The summed E-state index contributed by atoms with van der Waals surface area (Å²) < 4.78 is 20.8. The van der Waals surface area contributed by atoms with Crippen LogP contribution in [0.15, 0.2) is 80.3 Å². The largest absolute Gasteiger partial charge is 1.00 e. The Morgan fingerprint density at radius 1 is 0.803 bits per heavy atom. The second kappa shape index (κ2) is 24.2. The number of benzene rings is 2. The van der Waals surface area contributed by atoms with Gasteiger partial charge in [-0.15, -0.1) is 0 Å². The number of hydrogen-bond donors (Lipinski definition) is 4. The van der Waals surface area contributed by atoms with Gasteiger partial charge in [0.1, 0.15) is 0 Å². The van der Waals surface area contributed by atoms with Crippen LogP contribution in [0.2, 0.25) is 20.1 Å². The van der Waals surface area contributed by atoms with Crippen molar-refractivity contribution in [1.82, 2.24) is 33.5 Å². The molecule has 0 amide bonds. The topological polar surface area (TPSA) is 162 Å². The van der Waals surface area contributed by atoms with Gasteiger partial charge in [-0.1, -0.05) is 83.8 Å². The number of aromatic nitrogens is 6. The third-order valence-electron chi connectivity index (χ3n) is 14.1. The summed E-state index contributed by atoms with van der Waals surface area (Å²) in [6.45, 7) is 13.4.